The quantitative estimate of drug-likeness (QED) is 0.683. The Balaban J connectivity index is 2.66. The van der Waals surface area contributed by atoms with Crippen molar-refractivity contribution in [2.75, 3.05) is 13.2 Å². The maximum absolute atomic E-state index is 10.9. The molecule has 72 valence electrons. The van der Waals surface area contributed by atoms with Crippen LogP contribution in [-0.2, 0) is 0 Å². The third-order valence-electron chi connectivity index (χ3n) is 1.35. The molecule has 0 aliphatic carbocycles. The number of nitrogens with two attached hydrogens (primary N) is 1. The molecule has 5 nitrogen and oxygen atoms in total. The van der Waals surface area contributed by atoms with Gasteiger partial charge in [0.2, 0.25) is 5.88 Å². The number of aromatic nitrogens is 2. The topological polar surface area (TPSA) is 81.0 Å². The van der Waals surface area contributed by atoms with Crippen LogP contribution in [0.2, 0.25) is 5.02 Å². The number of hydrogen-bond donors (Lipinski definition) is 2. The molecule has 1 aromatic heterocycles. The van der Waals surface area contributed by atoms with Gasteiger partial charge in [-0.2, -0.15) is 0 Å². The van der Waals surface area contributed by atoms with E-state index in [1.807, 2.05) is 0 Å². The Hall–Kier alpha value is -1.07. The first kappa shape index (κ1) is 10.0. The van der Waals surface area contributed by atoms with Gasteiger partial charge in [-0.25, -0.2) is 4.98 Å². The largest absolute Gasteiger partial charge is 0.476 e. The zero-order chi connectivity index (χ0) is 9.68. The van der Waals surface area contributed by atoms with Crippen LogP contribution < -0.4 is 16.0 Å². The van der Waals surface area contributed by atoms with Crippen molar-refractivity contribution in [2.45, 2.75) is 6.42 Å². The average molecular weight is 204 g/mol. The number of aromatic amines is 1. The van der Waals surface area contributed by atoms with E-state index in [2.05, 4.69) is 9.97 Å². The molecular formula is C7H10ClN3O2. The van der Waals surface area contributed by atoms with Crippen molar-refractivity contribution in [1.82, 2.24) is 9.97 Å². The molecule has 0 bridgehead atoms. The summed E-state index contributed by atoms with van der Waals surface area (Å²) in [5, 5.41) is -0.0282. The Kier molecular flexibility index (Phi) is 3.72. The molecule has 13 heavy (non-hydrogen) atoms. The minimum absolute atomic E-state index is 0.0282. The van der Waals surface area contributed by atoms with E-state index in [1.165, 1.54) is 6.33 Å². The Bertz CT molecular complexity index is 326. The molecular weight excluding hydrogens is 194 g/mol. The lowest BCUT2D eigenvalue weighted by atomic mass is 10.5. The summed E-state index contributed by atoms with van der Waals surface area (Å²) < 4.78 is 5.11. The molecule has 0 saturated heterocycles. The molecule has 6 heteroatoms. The van der Waals surface area contributed by atoms with Crippen molar-refractivity contribution in [3.63, 3.8) is 0 Å². The molecule has 0 aliphatic heterocycles. The van der Waals surface area contributed by atoms with Crippen molar-refractivity contribution >= 4 is 11.6 Å². The smallest absolute Gasteiger partial charge is 0.273 e. The number of rotatable bonds is 4. The molecule has 1 rings (SSSR count). The van der Waals surface area contributed by atoms with Crippen LogP contribution in [0.3, 0.4) is 0 Å². The standard InChI is InChI=1S/C7H10ClN3O2/c8-5-6(12)10-4-11-7(5)13-3-1-2-9/h4H,1-3,9H2,(H,10,11,12). The molecule has 0 unspecified atom stereocenters. The molecule has 0 fully saturated rings. The highest BCUT2D eigenvalue weighted by Gasteiger charge is 2.05. The van der Waals surface area contributed by atoms with Crippen molar-refractivity contribution in [1.29, 1.82) is 0 Å². The maximum Gasteiger partial charge on any atom is 0.273 e. The second-order valence-electron chi connectivity index (χ2n) is 2.34. The summed E-state index contributed by atoms with van der Waals surface area (Å²) in [6, 6.07) is 0. The minimum atomic E-state index is -0.403. The monoisotopic (exact) mass is 203 g/mol. The summed E-state index contributed by atoms with van der Waals surface area (Å²) >= 11 is 5.61. The van der Waals surface area contributed by atoms with Gasteiger partial charge in [-0.1, -0.05) is 11.6 Å². The molecule has 0 saturated carbocycles. The zero-order valence-corrected chi connectivity index (χ0v) is 7.67. The van der Waals surface area contributed by atoms with E-state index in [0.29, 0.717) is 19.6 Å². The predicted molar refractivity (Wildman–Crippen MR) is 49.0 cm³/mol. The van der Waals surface area contributed by atoms with Gasteiger partial charge in [-0.15, -0.1) is 0 Å². The zero-order valence-electron chi connectivity index (χ0n) is 6.92. The van der Waals surface area contributed by atoms with E-state index in [1.54, 1.807) is 0 Å². The molecule has 0 radical (unpaired) electrons. The van der Waals surface area contributed by atoms with E-state index < -0.39 is 5.56 Å². The van der Waals surface area contributed by atoms with Crippen molar-refractivity contribution in [3.05, 3.63) is 21.7 Å². The van der Waals surface area contributed by atoms with Crippen LogP contribution in [0.4, 0.5) is 0 Å². The first-order valence-electron chi connectivity index (χ1n) is 3.81. The molecule has 1 aromatic rings. The van der Waals surface area contributed by atoms with Crippen LogP contribution in [-0.4, -0.2) is 23.1 Å². The van der Waals surface area contributed by atoms with E-state index >= 15 is 0 Å². The molecule has 0 atom stereocenters. The summed E-state index contributed by atoms with van der Waals surface area (Å²) in [5.74, 6) is 0.152. The number of hydrogen-bond acceptors (Lipinski definition) is 4. The van der Waals surface area contributed by atoms with Gasteiger partial charge in [0.1, 0.15) is 0 Å². The van der Waals surface area contributed by atoms with Crippen LogP contribution in [0.15, 0.2) is 11.1 Å². The van der Waals surface area contributed by atoms with Gasteiger partial charge in [0.15, 0.2) is 5.02 Å². The molecule has 0 spiro atoms. The van der Waals surface area contributed by atoms with Crippen molar-refractivity contribution in [2.24, 2.45) is 5.73 Å². The normalized spacial score (nSPS) is 10.0. The Morgan fingerprint density at radius 1 is 1.69 bits per heavy atom. The fourth-order valence-electron chi connectivity index (χ4n) is 0.719. The predicted octanol–water partition coefficient (Wildman–Crippen LogP) is 0.151. The lowest BCUT2D eigenvalue weighted by molar-refractivity contribution is 0.300. The number of nitrogens with one attached hydrogen (secondary N) is 1. The Morgan fingerprint density at radius 3 is 3.15 bits per heavy atom. The van der Waals surface area contributed by atoms with Crippen molar-refractivity contribution < 1.29 is 4.74 Å². The molecule has 0 amide bonds. The van der Waals surface area contributed by atoms with Gasteiger partial charge in [0.25, 0.3) is 5.56 Å². The van der Waals surface area contributed by atoms with E-state index in [0.717, 1.165) is 0 Å². The van der Waals surface area contributed by atoms with Gasteiger partial charge in [-0.05, 0) is 13.0 Å². The number of nitrogens with zero attached hydrogens (tertiary/aromatic N) is 1. The highest BCUT2D eigenvalue weighted by molar-refractivity contribution is 6.31. The van der Waals surface area contributed by atoms with Gasteiger partial charge in [-0.3, -0.25) is 4.79 Å². The minimum Gasteiger partial charge on any atom is -0.476 e. The van der Waals surface area contributed by atoms with Crippen LogP contribution in [0.1, 0.15) is 6.42 Å². The first-order chi connectivity index (χ1) is 6.25. The summed E-state index contributed by atoms with van der Waals surface area (Å²) in [5.41, 5.74) is 4.86. The first-order valence-corrected chi connectivity index (χ1v) is 4.19. The fraction of sp³-hybridized carbons (Fsp3) is 0.429. The lowest BCUT2D eigenvalue weighted by Gasteiger charge is -2.03. The van der Waals surface area contributed by atoms with E-state index in [-0.39, 0.29) is 10.9 Å². The lowest BCUT2D eigenvalue weighted by Crippen LogP contribution is -2.12. The van der Waals surface area contributed by atoms with Gasteiger partial charge in [0, 0.05) is 0 Å². The van der Waals surface area contributed by atoms with E-state index in [9.17, 15) is 4.79 Å². The van der Waals surface area contributed by atoms with Crippen molar-refractivity contribution in [3.8, 4) is 5.88 Å². The highest BCUT2D eigenvalue weighted by atomic mass is 35.5. The fourth-order valence-corrected chi connectivity index (χ4v) is 0.877. The number of H-pyrrole nitrogens is 1. The van der Waals surface area contributed by atoms with Gasteiger partial charge >= 0.3 is 0 Å². The molecule has 1 heterocycles. The second-order valence-corrected chi connectivity index (χ2v) is 2.72. The highest BCUT2D eigenvalue weighted by Crippen LogP contribution is 2.14. The summed E-state index contributed by atoms with van der Waals surface area (Å²) in [6.07, 6.45) is 1.94. The number of halogens is 1. The summed E-state index contributed by atoms with van der Waals surface area (Å²) in [4.78, 5) is 17.0. The average Bonchev–Trinajstić information content (AvgIpc) is 2.13. The maximum atomic E-state index is 10.9. The molecule has 0 aromatic carbocycles. The third kappa shape index (κ3) is 2.71. The molecule has 3 N–H and O–H groups in total. The summed E-state index contributed by atoms with van der Waals surface area (Å²) in [6.45, 7) is 0.938. The SMILES string of the molecule is NCCCOc1nc[nH]c(=O)c1Cl. The third-order valence-corrected chi connectivity index (χ3v) is 1.69. The van der Waals surface area contributed by atoms with Gasteiger partial charge in [0.05, 0.1) is 12.9 Å². The summed E-state index contributed by atoms with van der Waals surface area (Å²) in [7, 11) is 0. The van der Waals surface area contributed by atoms with Crippen LogP contribution in [0.25, 0.3) is 0 Å². The van der Waals surface area contributed by atoms with Gasteiger partial charge < -0.3 is 15.5 Å². The van der Waals surface area contributed by atoms with Crippen LogP contribution in [0, 0.1) is 0 Å². The Morgan fingerprint density at radius 2 is 2.46 bits per heavy atom. The second kappa shape index (κ2) is 4.84. The van der Waals surface area contributed by atoms with E-state index in [4.69, 9.17) is 22.1 Å². The molecule has 0 aliphatic rings. The van der Waals surface area contributed by atoms with Crippen LogP contribution >= 0.6 is 11.6 Å². The Labute approximate surface area is 79.9 Å². The number of ether oxygens (including phenoxy) is 1. The van der Waals surface area contributed by atoms with Crippen LogP contribution in [0.5, 0.6) is 5.88 Å².